The molecule has 10 rings (SSSR count). The predicted octanol–water partition coefficient (Wildman–Crippen LogP) is 13.8. The fraction of sp³-hybridized carbons (Fsp3) is 0.179. The van der Waals surface area contributed by atoms with Crippen molar-refractivity contribution in [2.45, 2.75) is 64.2 Å². The molecule has 8 heteroatoms. The van der Waals surface area contributed by atoms with Crippen molar-refractivity contribution in [1.82, 2.24) is 24.5 Å². The second kappa shape index (κ2) is 17.9. The van der Waals surface area contributed by atoms with Crippen LogP contribution in [0.25, 0.3) is 83.7 Å². The number of furan rings is 1. The Kier molecular flexibility index (Phi) is 12.5. The van der Waals surface area contributed by atoms with Gasteiger partial charge in [-0.1, -0.05) is 106 Å². The van der Waals surface area contributed by atoms with Crippen molar-refractivity contribution in [1.29, 1.82) is 0 Å². The number of imidazole rings is 1. The average Bonchev–Trinajstić information content (AvgIpc) is 3.86. The van der Waals surface area contributed by atoms with Crippen molar-refractivity contribution in [3.8, 4) is 50.6 Å². The number of rotatable bonds is 6. The van der Waals surface area contributed by atoms with Gasteiger partial charge in [-0.15, -0.1) is 17.7 Å². The molecule has 64 heavy (non-hydrogen) atoms. The summed E-state index contributed by atoms with van der Waals surface area (Å²) in [6.07, 6.45) is 3.90. The number of aryl methyl sites for hydroxylation is 3. The molecule has 0 aliphatic carbocycles. The van der Waals surface area contributed by atoms with E-state index in [1.54, 1.807) is 0 Å². The van der Waals surface area contributed by atoms with E-state index in [0.717, 1.165) is 78.0 Å². The molecule has 0 saturated heterocycles. The summed E-state index contributed by atoms with van der Waals surface area (Å²) in [5.41, 5.74) is 15.1. The molecule has 1 radical (unpaired) electrons. The maximum absolute atomic E-state index is 6.54. The smallest absolute Gasteiger partial charge is 0.219 e. The van der Waals surface area contributed by atoms with Gasteiger partial charge in [0.15, 0.2) is 0 Å². The van der Waals surface area contributed by atoms with Crippen LogP contribution in [-0.4, -0.2) is 37.8 Å². The molecule has 4 heterocycles. The van der Waals surface area contributed by atoms with E-state index in [9.17, 15) is 0 Å². The zero-order chi connectivity index (χ0) is 44.0. The number of pyridine rings is 1. The SMILES string of the molecule is Cc1c[c-]c(-c2cc[c]([Ge]([CH3])([CH3])[CH3])cn2)cc1.Cc1ncc2c(n1)oc1c(-c3nc4ccccc4n3-c3c(-c4ccccc4)cc(C(C)(C)C)cc3-c3ccccc3)[c-]cc(C)c12.[Ir]. The normalized spacial score (nSPS) is 11.7. The van der Waals surface area contributed by atoms with E-state index in [0.29, 0.717) is 17.1 Å². The second-order valence-electron chi connectivity index (χ2n) is 18.4. The number of hydrogen-bond acceptors (Lipinski definition) is 5. The van der Waals surface area contributed by atoms with Crippen molar-refractivity contribution in [2.24, 2.45) is 0 Å². The summed E-state index contributed by atoms with van der Waals surface area (Å²) in [7, 11) is 0. The standard InChI is InChI=1S/C41H33N4O.C15H18GeN.Ir/c1-25-20-21-30(38-36(25)33-24-42-26(2)43-40(33)46-38)39-44-34-18-12-13-19-35(34)45(39)37-31(27-14-8-6-9-15-27)22-29(41(3,4)5)23-32(37)28-16-10-7-11-17-28;1-12-5-7-13(8-6-12)15-10-9-14(11-17-15)16(2,3)4;/h6-20,22-24H,1-5H3;5-7,9-11H,1-4H3;/q2*-1;. The molecule has 4 aromatic heterocycles. The molecule has 0 spiro atoms. The van der Waals surface area contributed by atoms with Gasteiger partial charge in [0.1, 0.15) is 5.82 Å². The van der Waals surface area contributed by atoms with Gasteiger partial charge in [0, 0.05) is 42.8 Å². The van der Waals surface area contributed by atoms with E-state index in [1.807, 2.05) is 37.5 Å². The van der Waals surface area contributed by atoms with E-state index in [2.05, 4.69) is 199 Å². The molecule has 0 saturated carbocycles. The summed E-state index contributed by atoms with van der Waals surface area (Å²) in [6, 6.07) is 53.7. The van der Waals surface area contributed by atoms with Crippen LogP contribution in [-0.2, 0) is 25.5 Å². The zero-order valence-electron chi connectivity index (χ0n) is 37.8. The third-order valence-corrected chi connectivity index (χ3v) is 15.9. The summed E-state index contributed by atoms with van der Waals surface area (Å²) < 4.78 is 10.3. The Hall–Kier alpha value is -5.99. The molecule has 0 aliphatic rings. The minimum Gasteiger partial charge on any atom is -0.486 e. The van der Waals surface area contributed by atoms with Gasteiger partial charge in [0.2, 0.25) is 5.71 Å². The number of aromatic nitrogens is 5. The average molecular weight is 1070 g/mol. The number of hydrogen-bond donors (Lipinski definition) is 0. The van der Waals surface area contributed by atoms with Gasteiger partial charge in [-0.05, 0) is 58.7 Å². The Balaban J connectivity index is 0.000000262. The number of benzene rings is 6. The Morgan fingerprint density at radius 1 is 0.672 bits per heavy atom. The summed E-state index contributed by atoms with van der Waals surface area (Å²) >= 11 is -1.73. The fourth-order valence-corrected chi connectivity index (χ4v) is 10.3. The third kappa shape index (κ3) is 8.77. The molecular formula is C56H51GeIrN5O-2. The van der Waals surface area contributed by atoms with Gasteiger partial charge < -0.3 is 8.98 Å². The van der Waals surface area contributed by atoms with E-state index >= 15 is 0 Å². The summed E-state index contributed by atoms with van der Waals surface area (Å²) in [4.78, 5) is 19.0. The Labute approximate surface area is 392 Å². The van der Waals surface area contributed by atoms with Crippen molar-refractivity contribution >= 4 is 50.8 Å². The van der Waals surface area contributed by atoms with Gasteiger partial charge in [0.25, 0.3) is 0 Å². The molecule has 6 nitrogen and oxygen atoms in total. The quantitative estimate of drug-likeness (QED) is 0.123. The molecule has 0 atom stereocenters. The first kappa shape index (κ1) is 44.6. The van der Waals surface area contributed by atoms with Gasteiger partial charge in [-0.25, -0.2) is 4.98 Å². The Morgan fingerprint density at radius 3 is 1.92 bits per heavy atom. The molecule has 6 aromatic carbocycles. The van der Waals surface area contributed by atoms with Crippen LogP contribution in [0.3, 0.4) is 0 Å². The summed E-state index contributed by atoms with van der Waals surface area (Å²) in [5.74, 6) is 8.58. The second-order valence-corrected chi connectivity index (χ2v) is 29.1. The van der Waals surface area contributed by atoms with Gasteiger partial charge in [0.05, 0.1) is 28.1 Å². The number of nitrogens with zero attached hydrogens (tertiary/aromatic N) is 5. The number of fused-ring (bicyclic) bond motifs is 4. The van der Waals surface area contributed by atoms with Crippen LogP contribution in [0.2, 0.25) is 17.3 Å². The first-order chi connectivity index (χ1) is 30.2. The van der Waals surface area contributed by atoms with Gasteiger partial charge in [-0.3, -0.25) is 4.98 Å². The van der Waals surface area contributed by atoms with Crippen LogP contribution in [0.15, 0.2) is 150 Å². The van der Waals surface area contributed by atoms with Gasteiger partial charge in [-0.2, -0.15) is 4.98 Å². The summed E-state index contributed by atoms with van der Waals surface area (Å²) in [6.45, 7) is 12.8. The van der Waals surface area contributed by atoms with Crippen molar-refractivity contribution in [3.05, 3.63) is 181 Å². The molecule has 0 fully saturated rings. The first-order valence-corrected chi connectivity index (χ1v) is 28.9. The molecule has 10 aromatic rings. The number of para-hydroxylation sites is 2. The van der Waals surface area contributed by atoms with Crippen LogP contribution < -0.4 is 4.40 Å². The van der Waals surface area contributed by atoms with E-state index in [4.69, 9.17) is 9.40 Å². The maximum atomic E-state index is 6.54. The van der Waals surface area contributed by atoms with Crippen LogP contribution in [0.4, 0.5) is 0 Å². The largest absolute Gasteiger partial charge is 0.486 e. The zero-order valence-corrected chi connectivity index (χ0v) is 42.3. The monoisotopic (exact) mass is 1080 g/mol. The van der Waals surface area contributed by atoms with Crippen LogP contribution >= 0.6 is 0 Å². The topological polar surface area (TPSA) is 69.6 Å². The van der Waals surface area contributed by atoms with Crippen LogP contribution in [0, 0.1) is 32.9 Å². The fourth-order valence-electron chi connectivity index (χ4n) is 8.08. The molecule has 0 unspecified atom stereocenters. The molecule has 0 amide bonds. The van der Waals surface area contributed by atoms with E-state index < -0.39 is 13.3 Å². The summed E-state index contributed by atoms with van der Waals surface area (Å²) in [5, 5.41) is 1.87. The minimum atomic E-state index is -1.73. The molecule has 0 bridgehead atoms. The van der Waals surface area contributed by atoms with Crippen molar-refractivity contribution < 1.29 is 24.5 Å². The molecule has 321 valence electrons. The Bertz CT molecular complexity index is 3190. The minimum absolute atomic E-state index is 0. The maximum Gasteiger partial charge on any atom is 0.219 e. The molecule has 0 N–H and O–H groups in total. The van der Waals surface area contributed by atoms with E-state index in [1.165, 1.54) is 15.5 Å². The van der Waals surface area contributed by atoms with Gasteiger partial charge >= 0.3 is 106 Å². The van der Waals surface area contributed by atoms with Crippen molar-refractivity contribution in [2.75, 3.05) is 0 Å². The van der Waals surface area contributed by atoms with Crippen molar-refractivity contribution in [3.63, 3.8) is 0 Å². The molecular weight excluding hydrogens is 1020 g/mol. The Morgan fingerprint density at radius 2 is 1.33 bits per heavy atom. The molecule has 0 aliphatic heterocycles. The first-order valence-electron chi connectivity index (χ1n) is 21.5. The van der Waals surface area contributed by atoms with Crippen LogP contribution in [0.5, 0.6) is 0 Å². The third-order valence-electron chi connectivity index (χ3n) is 11.7. The van der Waals surface area contributed by atoms with Crippen LogP contribution in [0.1, 0.15) is 43.3 Å². The van der Waals surface area contributed by atoms with E-state index in [-0.39, 0.29) is 25.5 Å². The predicted molar refractivity (Wildman–Crippen MR) is 263 cm³/mol.